The molecule has 0 atom stereocenters. The molecular formula is C30H38O3. The zero-order valence-corrected chi connectivity index (χ0v) is 21.1. The molecule has 0 radical (unpaired) electrons. The van der Waals surface area contributed by atoms with Crippen molar-refractivity contribution in [3.05, 3.63) is 64.2 Å². The second-order valence-electron chi connectivity index (χ2n) is 10.2. The van der Waals surface area contributed by atoms with Crippen LogP contribution in [0.5, 0.6) is 5.75 Å². The number of carbonyl (C=O) groups excluding carboxylic acids is 1. The fourth-order valence-corrected chi connectivity index (χ4v) is 4.86. The Morgan fingerprint density at radius 3 is 2.42 bits per heavy atom. The molecular weight excluding hydrogens is 408 g/mol. The lowest BCUT2D eigenvalue weighted by Gasteiger charge is -2.42. The maximum Gasteiger partial charge on any atom is 0.305 e. The highest BCUT2D eigenvalue weighted by Gasteiger charge is 2.39. The number of hydrogen-bond acceptors (Lipinski definition) is 3. The minimum atomic E-state index is -0.157. The quantitative estimate of drug-likeness (QED) is 0.268. The van der Waals surface area contributed by atoms with Crippen molar-refractivity contribution in [3.63, 3.8) is 0 Å². The van der Waals surface area contributed by atoms with Crippen LogP contribution in [-0.2, 0) is 27.8 Å². The molecule has 0 aromatic heterocycles. The highest BCUT2D eigenvalue weighted by atomic mass is 16.5. The van der Waals surface area contributed by atoms with E-state index >= 15 is 0 Å². The lowest BCUT2D eigenvalue weighted by Crippen LogP contribution is -2.41. The fourth-order valence-electron chi connectivity index (χ4n) is 4.86. The Morgan fingerprint density at radius 1 is 1.03 bits per heavy atom. The summed E-state index contributed by atoms with van der Waals surface area (Å²) in [5, 5.41) is 0. The van der Waals surface area contributed by atoms with E-state index in [0.29, 0.717) is 13.0 Å². The van der Waals surface area contributed by atoms with E-state index in [1.54, 1.807) is 0 Å². The number of fused-ring (bicyclic) bond motifs is 1. The van der Waals surface area contributed by atoms with Gasteiger partial charge in [-0.1, -0.05) is 44.7 Å². The molecule has 2 aromatic carbocycles. The Hall–Kier alpha value is -2.73. The normalized spacial score (nSPS) is 15.6. The number of ether oxygens (including phenoxy) is 2. The average molecular weight is 447 g/mol. The molecule has 1 aliphatic rings. The summed E-state index contributed by atoms with van der Waals surface area (Å²) in [5.41, 5.74) is 5.75. The first-order valence-corrected chi connectivity index (χ1v) is 12.3. The monoisotopic (exact) mass is 446 g/mol. The van der Waals surface area contributed by atoms with Crippen LogP contribution in [-0.4, -0.2) is 18.2 Å². The van der Waals surface area contributed by atoms with E-state index in [0.717, 1.165) is 49.0 Å². The number of unbranched alkanes of at least 4 members (excludes halogenated alkanes) is 1. The van der Waals surface area contributed by atoms with Crippen LogP contribution in [0.2, 0.25) is 0 Å². The van der Waals surface area contributed by atoms with Crippen LogP contribution < -0.4 is 4.74 Å². The highest BCUT2D eigenvalue weighted by molar-refractivity contribution is 5.69. The zero-order valence-electron chi connectivity index (χ0n) is 21.1. The lowest BCUT2D eigenvalue weighted by atomic mass is 9.73. The maximum atomic E-state index is 11.4. The topological polar surface area (TPSA) is 35.5 Å². The van der Waals surface area contributed by atoms with Crippen molar-refractivity contribution in [3.8, 4) is 17.6 Å². The van der Waals surface area contributed by atoms with Crippen molar-refractivity contribution in [2.75, 3.05) is 6.61 Å². The summed E-state index contributed by atoms with van der Waals surface area (Å²) < 4.78 is 11.3. The van der Waals surface area contributed by atoms with Crippen LogP contribution >= 0.6 is 0 Å². The number of aryl methyl sites for hydroxylation is 2. The first kappa shape index (κ1) is 24.9. The minimum absolute atomic E-state index is 0.0503. The van der Waals surface area contributed by atoms with Gasteiger partial charge in [-0.2, -0.15) is 0 Å². The Kier molecular flexibility index (Phi) is 7.90. The van der Waals surface area contributed by atoms with Crippen LogP contribution in [0.25, 0.3) is 0 Å². The van der Waals surface area contributed by atoms with Gasteiger partial charge in [0.1, 0.15) is 11.4 Å². The molecule has 0 amide bonds. The standard InChI is InChI=1S/C30H38O3/c1-7-24-20-27-26(29(3,4)21-30(5,6)33-27)19-25(24)18-17-23-15-13-22(14-16-23)11-9-10-12-28(31)32-8-2/h13-16,19-20H,7-12,21H2,1-6H3. The van der Waals surface area contributed by atoms with Gasteiger partial charge in [-0.3, -0.25) is 4.79 Å². The summed E-state index contributed by atoms with van der Waals surface area (Å²) in [4.78, 5) is 11.4. The van der Waals surface area contributed by atoms with E-state index in [-0.39, 0.29) is 17.0 Å². The molecule has 0 saturated heterocycles. The summed E-state index contributed by atoms with van der Waals surface area (Å²) in [6, 6.07) is 12.9. The van der Waals surface area contributed by atoms with E-state index < -0.39 is 0 Å². The highest BCUT2D eigenvalue weighted by Crippen LogP contribution is 2.45. The molecule has 3 rings (SSSR count). The average Bonchev–Trinajstić information content (AvgIpc) is 2.74. The van der Waals surface area contributed by atoms with E-state index in [1.807, 2.05) is 6.92 Å². The third-order valence-electron chi connectivity index (χ3n) is 6.27. The van der Waals surface area contributed by atoms with Crippen molar-refractivity contribution in [2.45, 2.75) is 91.1 Å². The molecule has 0 N–H and O–H groups in total. The predicted octanol–water partition coefficient (Wildman–Crippen LogP) is 6.76. The minimum Gasteiger partial charge on any atom is -0.488 e. The van der Waals surface area contributed by atoms with E-state index in [4.69, 9.17) is 9.47 Å². The van der Waals surface area contributed by atoms with Crippen molar-refractivity contribution in [1.29, 1.82) is 0 Å². The predicted molar refractivity (Wildman–Crippen MR) is 135 cm³/mol. The number of hydrogen-bond donors (Lipinski definition) is 0. The summed E-state index contributed by atoms with van der Waals surface area (Å²) in [7, 11) is 0. The van der Waals surface area contributed by atoms with Gasteiger partial charge in [-0.25, -0.2) is 0 Å². The molecule has 0 fully saturated rings. The van der Waals surface area contributed by atoms with Crippen LogP contribution in [0.3, 0.4) is 0 Å². The molecule has 3 nitrogen and oxygen atoms in total. The van der Waals surface area contributed by atoms with Crippen molar-refractivity contribution in [2.24, 2.45) is 0 Å². The maximum absolute atomic E-state index is 11.4. The van der Waals surface area contributed by atoms with E-state index in [2.05, 4.69) is 82.9 Å². The second kappa shape index (κ2) is 10.5. The summed E-state index contributed by atoms with van der Waals surface area (Å²) in [6.07, 6.45) is 5.20. The number of benzene rings is 2. The van der Waals surface area contributed by atoms with Gasteiger partial charge >= 0.3 is 5.97 Å². The fraction of sp³-hybridized carbons (Fsp3) is 0.500. The third-order valence-corrected chi connectivity index (χ3v) is 6.27. The van der Waals surface area contributed by atoms with E-state index in [9.17, 15) is 4.79 Å². The first-order chi connectivity index (χ1) is 15.6. The molecule has 3 heteroatoms. The van der Waals surface area contributed by atoms with Gasteiger partial charge in [-0.15, -0.1) is 0 Å². The second-order valence-corrected chi connectivity index (χ2v) is 10.2. The van der Waals surface area contributed by atoms with Crippen molar-refractivity contribution in [1.82, 2.24) is 0 Å². The molecule has 0 bridgehead atoms. The van der Waals surface area contributed by atoms with Gasteiger partial charge in [0, 0.05) is 23.1 Å². The SMILES string of the molecule is CCOC(=O)CCCCc1ccc(C#Cc2cc3c(cc2CC)OC(C)(C)CC3(C)C)cc1. The Bertz CT molecular complexity index is 1030. The molecule has 176 valence electrons. The van der Waals surface area contributed by atoms with Gasteiger partial charge in [0.15, 0.2) is 0 Å². The van der Waals surface area contributed by atoms with Gasteiger partial charge in [-0.05, 0) is 93.7 Å². The van der Waals surface area contributed by atoms with Crippen molar-refractivity contribution < 1.29 is 14.3 Å². The first-order valence-electron chi connectivity index (χ1n) is 12.3. The molecule has 1 heterocycles. The van der Waals surface area contributed by atoms with Crippen molar-refractivity contribution >= 4 is 5.97 Å². The molecule has 0 unspecified atom stereocenters. The number of carbonyl (C=O) groups is 1. The summed E-state index contributed by atoms with van der Waals surface area (Å²) in [6.45, 7) is 13.4. The van der Waals surface area contributed by atoms with Crippen LogP contribution in [0.4, 0.5) is 0 Å². The Morgan fingerprint density at radius 2 is 1.76 bits per heavy atom. The smallest absolute Gasteiger partial charge is 0.305 e. The van der Waals surface area contributed by atoms with Gasteiger partial charge in [0.2, 0.25) is 0 Å². The summed E-state index contributed by atoms with van der Waals surface area (Å²) >= 11 is 0. The molecule has 0 aliphatic carbocycles. The van der Waals surface area contributed by atoms with Crippen LogP contribution in [0.1, 0.15) is 95.0 Å². The number of rotatable bonds is 7. The number of esters is 1. The van der Waals surface area contributed by atoms with Crippen LogP contribution in [0, 0.1) is 11.8 Å². The van der Waals surface area contributed by atoms with Crippen LogP contribution in [0.15, 0.2) is 36.4 Å². The molecule has 2 aromatic rings. The molecule has 1 aliphatic heterocycles. The van der Waals surface area contributed by atoms with Gasteiger partial charge in [0.25, 0.3) is 0 Å². The molecule has 0 spiro atoms. The zero-order chi connectivity index (χ0) is 24.1. The van der Waals surface area contributed by atoms with Gasteiger partial charge < -0.3 is 9.47 Å². The third kappa shape index (κ3) is 6.64. The lowest BCUT2D eigenvalue weighted by molar-refractivity contribution is -0.143. The molecule has 33 heavy (non-hydrogen) atoms. The van der Waals surface area contributed by atoms with E-state index in [1.165, 1.54) is 16.7 Å². The largest absolute Gasteiger partial charge is 0.488 e. The Labute approximate surface area is 199 Å². The Balaban J connectivity index is 1.70. The van der Waals surface area contributed by atoms with Gasteiger partial charge in [0.05, 0.1) is 6.61 Å². The summed E-state index contributed by atoms with van der Waals surface area (Å²) in [5.74, 6) is 7.69. The molecule has 0 saturated carbocycles.